The lowest BCUT2D eigenvalue weighted by molar-refractivity contribution is 0.189. The molecule has 0 aromatic carbocycles. The maximum Gasteiger partial charge on any atom is 0.131 e. The predicted molar refractivity (Wildman–Crippen MR) is 84.3 cm³/mol. The van der Waals surface area contributed by atoms with Crippen LogP contribution in [0.15, 0.2) is 36.8 Å². The Balaban J connectivity index is 2.17. The molecule has 0 unspecified atom stereocenters. The van der Waals surface area contributed by atoms with Gasteiger partial charge < -0.3 is 10.4 Å². The molecule has 2 aromatic rings. The Morgan fingerprint density at radius 2 is 2.24 bits per heavy atom. The number of hydrogen-bond donors (Lipinski definition) is 2. The van der Waals surface area contributed by atoms with E-state index in [2.05, 4.69) is 27.1 Å². The molecule has 0 amide bonds. The van der Waals surface area contributed by atoms with Crippen molar-refractivity contribution in [2.24, 2.45) is 0 Å². The van der Waals surface area contributed by atoms with Crippen molar-refractivity contribution in [3.05, 3.63) is 53.1 Å². The van der Waals surface area contributed by atoms with Gasteiger partial charge in [-0.05, 0) is 31.5 Å². The topological polar surface area (TPSA) is 58.0 Å². The molecule has 0 fully saturated rings. The average molecular weight is 302 g/mol. The molecule has 0 aliphatic heterocycles. The lowest BCUT2D eigenvalue weighted by Crippen LogP contribution is -2.10. The third kappa shape index (κ3) is 5.07. The van der Waals surface area contributed by atoms with Gasteiger partial charge in [-0.25, -0.2) is 4.98 Å². The molecule has 21 heavy (non-hydrogen) atoms. The van der Waals surface area contributed by atoms with E-state index in [0.717, 1.165) is 16.8 Å². The molecule has 2 rings (SSSR count). The van der Waals surface area contributed by atoms with E-state index in [1.54, 1.807) is 31.6 Å². The Morgan fingerprint density at radius 3 is 2.95 bits per heavy atom. The van der Waals surface area contributed by atoms with Crippen LogP contribution in [0.3, 0.4) is 0 Å². The van der Waals surface area contributed by atoms with Crippen LogP contribution in [0.25, 0.3) is 0 Å². The molecule has 4 nitrogen and oxygen atoms in total. The van der Waals surface area contributed by atoms with Gasteiger partial charge in [-0.1, -0.05) is 23.4 Å². The Morgan fingerprint density at radius 1 is 1.38 bits per heavy atom. The third-order valence-electron chi connectivity index (χ3n) is 2.75. The van der Waals surface area contributed by atoms with Gasteiger partial charge in [0.1, 0.15) is 5.15 Å². The van der Waals surface area contributed by atoms with Crippen molar-refractivity contribution in [3.8, 4) is 11.8 Å². The summed E-state index contributed by atoms with van der Waals surface area (Å²) in [6.45, 7) is 2.39. The van der Waals surface area contributed by atoms with Gasteiger partial charge in [0.25, 0.3) is 0 Å². The van der Waals surface area contributed by atoms with Crippen LogP contribution >= 0.6 is 11.6 Å². The van der Waals surface area contributed by atoms with Gasteiger partial charge >= 0.3 is 0 Å². The number of pyridine rings is 2. The third-order valence-corrected chi connectivity index (χ3v) is 2.96. The molecule has 108 valence electrons. The zero-order chi connectivity index (χ0) is 15.1. The largest absolute Gasteiger partial charge is 0.393 e. The SMILES string of the molecule is C[C@@H](O)CCNc1cc(Cl)ncc1C#Cc1cccnc1. The molecule has 2 aromatic heterocycles. The highest BCUT2D eigenvalue weighted by Crippen LogP contribution is 2.18. The van der Waals surface area contributed by atoms with Crippen LogP contribution in [0, 0.1) is 11.8 Å². The van der Waals surface area contributed by atoms with E-state index in [-0.39, 0.29) is 6.10 Å². The highest BCUT2D eigenvalue weighted by molar-refractivity contribution is 6.29. The van der Waals surface area contributed by atoms with Crippen molar-refractivity contribution in [1.29, 1.82) is 0 Å². The van der Waals surface area contributed by atoms with Gasteiger partial charge in [0.2, 0.25) is 0 Å². The first kappa shape index (κ1) is 15.3. The molecule has 0 bridgehead atoms. The van der Waals surface area contributed by atoms with E-state index in [1.165, 1.54) is 0 Å². The van der Waals surface area contributed by atoms with E-state index < -0.39 is 0 Å². The second-order valence-electron chi connectivity index (χ2n) is 4.61. The molecular formula is C16H16ClN3O. The van der Waals surface area contributed by atoms with Crippen molar-refractivity contribution in [1.82, 2.24) is 9.97 Å². The lowest BCUT2D eigenvalue weighted by atomic mass is 10.2. The zero-order valence-electron chi connectivity index (χ0n) is 11.7. The number of nitrogens with zero attached hydrogens (tertiary/aromatic N) is 2. The van der Waals surface area contributed by atoms with Gasteiger partial charge in [0.15, 0.2) is 0 Å². The summed E-state index contributed by atoms with van der Waals surface area (Å²) in [5.41, 5.74) is 2.41. The molecule has 0 aliphatic carbocycles. The number of rotatable bonds is 4. The molecule has 0 radical (unpaired) electrons. The fourth-order valence-corrected chi connectivity index (χ4v) is 1.83. The van der Waals surface area contributed by atoms with Crippen LogP contribution in [-0.2, 0) is 0 Å². The van der Waals surface area contributed by atoms with Crippen molar-refractivity contribution in [3.63, 3.8) is 0 Å². The average Bonchev–Trinajstić information content (AvgIpc) is 2.47. The first-order valence-electron chi connectivity index (χ1n) is 6.64. The van der Waals surface area contributed by atoms with Crippen LogP contribution in [0.4, 0.5) is 5.69 Å². The number of nitrogens with one attached hydrogen (secondary N) is 1. The Bertz CT molecular complexity index is 648. The van der Waals surface area contributed by atoms with Gasteiger partial charge in [0.05, 0.1) is 17.4 Å². The summed E-state index contributed by atoms with van der Waals surface area (Å²) in [6, 6.07) is 5.46. The second kappa shape index (κ2) is 7.63. The first-order chi connectivity index (χ1) is 10.1. The molecular weight excluding hydrogens is 286 g/mol. The van der Waals surface area contributed by atoms with Crippen molar-refractivity contribution < 1.29 is 5.11 Å². The minimum atomic E-state index is -0.347. The maximum absolute atomic E-state index is 9.29. The van der Waals surface area contributed by atoms with Crippen molar-refractivity contribution >= 4 is 17.3 Å². The van der Waals surface area contributed by atoms with Crippen molar-refractivity contribution in [2.45, 2.75) is 19.4 Å². The summed E-state index contributed by atoms with van der Waals surface area (Å²) in [5, 5.41) is 12.9. The summed E-state index contributed by atoms with van der Waals surface area (Å²) in [6.07, 6.45) is 5.35. The fourth-order valence-electron chi connectivity index (χ4n) is 1.67. The van der Waals surface area contributed by atoms with E-state index in [0.29, 0.717) is 18.1 Å². The highest BCUT2D eigenvalue weighted by Gasteiger charge is 2.03. The van der Waals surface area contributed by atoms with E-state index >= 15 is 0 Å². The first-order valence-corrected chi connectivity index (χ1v) is 7.02. The van der Waals surface area contributed by atoms with Gasteiger partial charge in [-0.3, -0.25) is 4.98 Å². The van der Waals surface area contributed by atoms with Crippen LogP contribution in [0.1, 0.15) is 24.5 Å². The molecule has 0 spiro atoms. The molecule has 2 heterocycles. The van der Waals surface area contributed by atoms with E-state index in [1.807, 2.05) is 12.1 Å². The number of aliphatic hydroxyl groups is 1. The summed E-state index contributed by atoms with van der Waals surface area (Å²) >= 11 is 5.92. The van der Waals surface area contributed by atoms with Crippen LogP contribution in [0.2, 0.25) is 5.15 Å². The van der Waals surface area contributed by atoms with E-state index in [9.17, 15) is 5.11 Å². The smallest absolute Gasteiger partial charge is 0.131 e. The lowest BCUT2D eigenvalue weighted by Gasteiger charge is -2.09. The predicted octanol–water partition coefficient (Wildman–Crippen LogP) is 2.71. The fraction of sp³-hybridized carbons (Fsp3) is 0.250. The van der Waals surface area contributed by atoms with Crippen LogP contribution in [-0.4, -0.2) is 27.7 Å². The van der Waals surface area contributed by atoms with Gasteiger partial charge in [-0.2, -0.15) is 0 Å². The minimum Gasteiger partial charge on any atom is -0.393 e. The summed E-state index contributed by atoms with van der Waals surface area (Å²) in [7, 11) is 0. The highest BCUT2D eigenvalue weighted by atomic mass is 35.5. The monoisotopic (exact) mass is 301 g/mol. The molecule has 5 heteroatoms. The number of aliphatic hydroxyl groups excluding tert-OH is 1. The molecule has 2 N–H and O–H groups in total. The number of halogens is 1. The Hall–Kier alpha value is -2.09. The molecule has 0 saturated carbocycles. The Labute approximate surface area is 129 Å². The molecule has 0 aliphatic rings. The Kier molecular flexibility index (Phi) is 5.56. The molecule has 0 saturated heterocycles. The number of anilines is 1. The maximum atomic E-state index is 9.29. The van der Waals surface area contributed by atoms with Crippen molar-refractivity contribution in [2.75, 3.05) is 11.9 Å². The zero-order valence-corrected chi connectivity index (χ0v) is 12.4. The number of aromatic nitrogens is 2. The van der Waals surface area contributed by atoms with Gasteiger partial charge in [0, 0.05) is 30.7 Å². The second-order valence-corrected chi connectivity index (χ2v) is 5.00. The normalized spacial score (nSPS) is 11.4. The van der Waals surface area contributed by atoms with Gasteiger partial charge in [-0.15, -0.1) is 0 Å². The van der Waals surface area contributed by atoms with Crippen LogP contribution in [0.5, 0.6) is 0 Å². The quantitative estimate of drug-likeness (QED) is 0.673. The van der Waals surface area contributed by atoms with Crippen LogP contribution < -0.4 is 5.32 Å². The standard InChI is InChI=1S/C16H16ClN3O/c1-12(21)6-8-19-15-9-16(17)20-11-14(15)5-4-13-3-2-7-18-10-13/h2-3,7,9-12,21H,6,8H2,1H3,(H,19,20)/t12-/m1/s1. The van der Waals surface area contributed by atoms with E-state index in [4.69, 9.17) is 11.6 Å². The minimum absolute atomic E-state index is 0.347. The summed E-state index contributed by atoms with van der Waals surface area (Å²) in [4.78, 5) is 8.07. The number of hydrogen-bond acceptors (Lipinski definition) is 4. The summed E-state index contributed by atoms with van der Waals surface area (Å²) in [5.74, 6) is 6.09. The summed E-state index contributed by atoms with van der Waals surface area (Å²) < 4.78 is 0. The molecule has 1 atom stereocenters.